The summed E-state index contributed by atoms with van der Waals surface area (Å²) in [4.78, 5) is 43.4. The Bertz CT molecular complexity index is 1730. The fourth-order valence-electron chi connectivity index (χ4n) is 5.20. The maximum absolute atomic E-state index is 14.3. The molecule has 0 bridgehead atoms. The highest BCUT2D eigenvalue weighted by molar-refractivity contribution is 7.89. The standard InChI is InChI=1S/C35H43Cl3N4O8S/c1-5-49-32(50-6-2)22-41(23(3)4)34(44)29(18-25-13-10-14-26(36)17-25)40-33(43)30(42(35(45)46)21-24-11-8-7-9-12-24)20-39-51(47,48)31-16-15-27(37)19-28(31)38/h7-17,19,23,29-30,32,39H,5-6,18,20-22H2,1-4H3,(H,40,43)(H,45,46). The van der Waals surface area contributed by atoms with E-state index in [0.29, 0.717) is 29.4 Å². The summed E-state index contributed by atoms with van der Waals surface area (Å²) < 4.78 is 40.5. The van der Waals surface area contributed by atoms with Crippen LogP contribution in [0.15, 0.2) is 77.7 Å². The smallest absolute Gasteiger partial charge is 0.408 e. The van der Waals surface area contributed by atoms with E-state index in [2.05, 4.69) is 10.0 Å². The normalized spacial score (nSPS) is 12.8. The maximum atomic E-state index is 14.3. The van der Waals surface area contributed by atoms with Crippen LogP contribution in [0.4, 0.5) is 4.79 Å². The SMILES string of the molecule is CCOC(CN(C(=O)C(Cc1cccc(Cl)c1)NC(=O)C(CNS(=O)(=O)c1ccc(Cl)cc1Cl)N(Cc1ccccc1)C(=O)O)C(C)C)OCC. The van der Waals surface area contributed by atoms with Crippen molar-refractivity contribution in [1.29, 1.82) is 0 Å². The number of benzene rings is 3. The van der Waals surface area contributed by atoms with Gasteiger partial charge in [-0.05, 0) is 69.2 Å². The lowest BCUT2D eigenvalue weighted by atomic mass is 10.0. The van der Waals surface area contributed by atoms with Crippen molar-refractivity contribution in [1.82, 2.24) is 19.8 Å². The first-order valence-corrected chi connectivity index (χ1v) is 18.8. The minimum Gasteiger partial charge on any atom is -0.465 e. The van der Waals surface area contributed by atoms with Crippen LogP contribution in [0.2, 0.25) is 15.1 Å². The highest BCUT2D eigenvalue weighted by Crippen LogP contribution is 2.25. The Kier molecular flexibility index (Phi) is 16.4. The van der Waals surface area contributed by atoms with E-state index in [1.54, 1.807) is 82.3 Å². The average molecular weight is 786 g/mol. The Balaban J connectivity index is 2.05. The molecule has 0 radical (unpaired) electrons. The molecule has 51 heavy (non-hydrogen) atoms. The van der Waals surface area contributed by atoms with Gasteiger partial charge in [0.1, 0.15) is 17.0 Å². The molecule has 3 amide bonds. The van der Waals surface area contributed by atoms with Crippen LogP contribution in [-0.2, 0) is 42.1 Å². The van der Waals surface area contributed by atoms with Gasteiger partial charge in [-0.3, -0.25) is 14.5 Å². The molecule has 0 aromatic heterocycles. The number of nitrogens with one attached hydrogen (secondary N) is 2. The van der Waals surface area contributed by atoms with E-state index in [1.165, 1.54) is 23.1 Å². The first kappa shape index (κ1) is 42.0. The van der Waals surface area contributed by atoms with Crippen molar-refractivity contribution in [3.8, 4) is 0 Å². The predicted octanol–water partition coefficient (Wildman–Crippen LogP) is 5.84. The first-order chi connectivity index (χ1) is 24.2. The van der Waals surface area contributed by atoms with Crippen LogP contribution in [0, 0.1) is 0 Å². The lowest BCUT2D eigenvalue weighted by Gasteiger charge is -2.35. The zero-order chi connectivity index (χ0) is 37.7. The van der Waals surface area contributed by atoms with Gasteiger partial charge in [0.05, 0.1) is 11.6 Å². The molecule has 0 spiro atoms. The molecule has 0 aliphatic rings. The molecule has 12 nitrogen and oxygen atoms in total. The number of rotatable bonds is 19. The third kappa shape index (κ3) is 12.6. The zero-order valence-electron chi connectivity index (χ0n) is 28.7. The highest BCUT2D eigenvalue weighted by Gasteiger charge is 2.36. The van der Waals surface area contributed by atoms with Crippen molar-refractivity contribution in [2.24, 2.45) is 0 Å². The topological polar surface area (TPSA) is 155 Å². The molecule has 3 rings (SSSR count). The molecule has 2 unspecified atom stereocenters. The molecule has 0 saturated carbocycles. The number of carbonyl (C=O) groups is 3. The molecule has 0 saturated heterocycles. The minimum atomic E-state index is -4.37. The Hall–Kier alpha value is -3.43. The lowest BCUT2D eigenvalue weighted by molar-refractivity contribution is -0.163. The van der Waals surface area contributed by atoms with Crippen LogP contribution < -0.4 is 10.0 Å². The van der Waals surface area contributed by atoms with Gasteiger partial charge in [-0.2, -0.15) is 0 Å². The molecule has 3 aromatic rings. The van der Waals surface area contributed by atoms with Crippen molar-refractivity contribution in [2.45, 2.75) is 70.0 Å². The molecule has 0 aliphatic carbocycles. The second-order valence-corrected chi connectivity index (χ2v) is 14.7. The van der Waals surface area contributed by atoms with Crippen LogP contribution >= 0.6 is 34.8 Å². The molecule has 278 valence electrons. The summed E-state index contributed by atoms with van der Waals surface area (Å²) >= 11 is 18.4. The maximum Gasteiger partial charge on any atom is 0.408 e. The summed E-state index contributed by atoms with van der Waals surface area (Å²) in [5, 5.41) is 13.5. The molecule has 0 fully saturated rings. The van der Waals surface area contributed by atoms with E-state index in [4.69, 9.17) is 44.3 Å². The van der Waals surface area contributed by atoms with E-state index in [9.17, 15) is 27.9 Å². The Morgan fingerprint density at radius 3 is 2.04 bits per heavy atom. The Morgan fingerprint density at radius 1 is 0.843 bits per heavy atom. The molecule has 16 heteroatoms. The number of carbonyl (C=O) groups excluding carboxylic acids is 2. The predicted molar refractivity (Wildman–Crippen MR) is 196 cm³/mol. The summed E-state index contributed by atoms with van der Waals surface area (Å²) in [6.45, 7) is 6.94. The quantitative estimate of drug-likeness (QED) is 0.128. The monoisotopic (exact) mass is 784 g/mol. The minimum absolute atomic E-state index is 0.0210. The fourth-order valence-corrected chi connectivity index (χ4v) is 7.23. The average Bonchev–Trinajstić information content (AvgIpc) is 3.06. The van der Waals surface area contributed by atoms with Crippen LogP contribution in [0.1, 0.15) is 38.8 Å². The van der Waals surface area contributed by atoms with Gasteiger partial charge in [-0.15, -0.1) is 0 Å². The third-order valence-corrected chi connectivity index (χ3v) is 10.0. The third-order valence-electron chi connectivity index (χ3n) is 7.67. The number of ether oxygens (including phenoxy) is 2. The number of amides is 3. The van der Waals surface area contributed by atoms with Crippen LogP contribution in [0.25, 0.3) is 0 Å². The van der Waals surface area contributed by atoms with Gasteiger partial charge >= 0.3 is 6.09 Å². The van der Waals surface area contributed by atoms with Crippen LogP contribution in [0.3, 0.4) is 0 Å². The molecule has 3 N–H and O–H groups in total. The lowest BCUT2D eigenvalue weighted by Crippen LogP contribution is -2.59. The highest BCUT2D eigenvalue weighted by atomic mass is 35.5. The number of sulfonamides is 1. The van der Waals surface area contributed by atoms with Crippen molar-refractivity contribution < 1.29 is 37.4 Å². The summed E-state index contributed by atoms with van der Waals surface area (Å²) in [6, 6.07) is 15.8. The van der Waals surface area contributed by atoms with Gasteiger partial charge in [-0.1, -0.05) is 77.3 Å². The second-order valence-electron chi connectivity index (χ2n) is 11.7. The molecular weight excluding hydrogens is 743 g/mol. The first-order valence-electron chi connectivity index (χ1n) is 16.2. The second kappa shape index (κ2) is 20.0. The summed E-state index contributed by atoms with van der Waals surface area (Å²) in [5.74, 6) is -1.42. The molecule has 0 heterocycles. The van der Waals surface area contributed by atoms with Gasteiger partial charge in [0.2, 0.25) is 21.8 Å². The van der Waals surface area contributed by atoms with Crippen molar-refractivity contribution in [2.75, 3.05) is 26.3 Å². The number of nitrogens with zero attached hydrogens (tertiary/aromatic N) is 2. The summed E-state index contributed by atoms with van der Waals surface area (Å²) in [6.07, 6.45) is -2.27. The van der Waals surface area contributed by atoms with Crippen LogP contribution in [0.5, 0.6) is 0 Å². The van der Waals surface area contributed by atoms with Crippen molar-refractivity contribution in [3.05, 3.63) is 99.0 Å². The van der Waals surface area contributed by atoms with Gasteiger partial charge in [0.15, 0.2) is 6.29 Å². The van der Waals surface area contributed by atoms with Gasteiger partial charge in [0, 0.05) is 48.8 Å². The van der Waals surface area contributed by atoms with E-state index in [0.717, 1.165) is 4.90 Å². The largest absolute Gasteiger partial charge is 0.465 e. The number of hydrogen-bond donors (Lipinski definition) is 3. The number of hydrogen-bond acceptors (Lipinski definition) is 7. The number of halogens is 3. The van der Waals surface area contributed by atoms with Gasteiger partial charge in [-0.25, -0.2) is 17.9 Å². The van der Waals surface area contributed by atoms with E-state index in [-0.39, 0.29) is 40.5 Å². The van der Waals surface area contributed by atoms with E-state index in [1.807, 2.05) is 0 Å². The van der Waals surface area contributed by atoms with Crippen molar-refractivity contribution in [3.63, 3.8) is 0 Å². The molecule has 2 atom stereocenters. The van der Waals surface area contributed by atoms with Crippen LogP contribution in [-0.4, -0.2) is 92.0 Å². The van der Waals surface area contributed by atoms with Gasteiger partial charge < -0.3 is 24.8 Å². The number of carboxylic acid groups (broad SMARTS) is 1. The van der Waals surface area contributed by atoms with Gasteiger partial charge in [0.25, 0.3) is 0 Å². The molecule has 0 aliphatic heterocycles. The van der Waals surface area contributed by atoms with E-state index < -0.39 is 52.8 Å². The molecular formula is C35H43Cl3N4O8S. The summed E-state index contributed by atoms with van der Waals surface area (Å²) in [5.41, 5.74) is 1.15. The zero-order valence-corrected chi connectivity index (χ0v) is 31.8. The Labute approximate surface area is 314 Å². The summed E-state index contributed by atoms with van der Waals surface area (Å²) in [7, 11) is -4.37. The molecule has 3 aromatic carbocycles. The fraction of sp³-hybridized carbons (Fsp3) is 0.400. The van der Waals surface area contributed by atoms with E-state index >= 15 is 0 Å². The Morgan fingerprint density at radius 2 is 1.47 bits per heavy atom. The van der Waals surface area contributed by atoms with Crippen molar-refractivity contribution >= 4 is 62.7 Å².